The number of hydrogen-bond donors (Lipinski definition) is 0. The predicted molar refractivity (Wildman–Crippen MR) is 84.1 cm³/mol. The van der Waals surface area contributed by atoms with Crippen molar-refractivity contribution in [2.24, 2.45) is 0 Å². The smallest absolute Gasteiger partial charge is 0.193 e. The van der Waals surface area contributed by atoms with Gasteiger partial charge in [0.2, 0.25) is 0 Å². The van der Waals surface area contributed by atoms with Gasteiger partial charge in [-0.15, -0.1) is 0 Å². The molecule has 0 spiro atoms. The number of ketones is 1. The molecule has 2 nitrogen and oxygen atoms in total. The summed E-state index contributed by atoms with van der Waals surface area (Å²) >= 11 is 3.45. The lowest BCUT2D eigenvalue weighted by Crippen LogP contribution is -2.03. The Morgan fingerprint density at radius 2 is 1.95 bits per heavy atom. The van der Waals surface area contributed by atoms with E-state index >= 15 is 0 Å². The van der Waals surface area contributed by atoms with Crippen LogP contribution in [0.15, 0.2) is 59.2 Å². The van der Waals surface area contributed by atoms with Gasteiger partial charge in [-0.2, -0.15) is 0 Å². The van der Waals surface area contributed by atoms with E-state index in [4.69, 9.17) is 0 Å². The number of rotatable bonds is 2. The fourth-order valence-corrected chi connectivity index (χ4v) is 2.49. The van der Waals surface area contributed by atoms with Gasteiger partial charge in [-0.05, 0) is 42.8 Å². The summed E-state index contributed by atoms with van der Waals surface area (Å²) in [6, 6.07) is 15.1. The molecule has 0 amide bonds. The molecule has 3 rings (SSSR count). The number of aryl methyl sites for hydroxylation is 1. The second-order valence-electron chi connectivity index (χ2n) is 4.67. The molecule has 0 N–H and O–H groups in total. The molecule has 2 aromatic carbocycles. The lowest BCUT2D eigenvalue weighted by Gasteiger charge is -2.07. The van der Waals surface area contributed by atoms with Crippen molar-refractivity contribution < 1.29 is 4.79 Å². The second-order valence-corrected chi connectivity index (χ2v) is 5.52. The van der Waals surface area contributed by atoms with E-state index in [1.165, 1.54) is 0 Å². The van der Waals surface area contributed by atoms with Crippen molar-refractivity contribution in [1.82, 2.24) is 4.98 Å². The van der Waals surface area contributed by atoms with E-state index in [2.05, 4.69) is 20.9 Å². The maximum absolute atomic E-state index is 12.7. The van der Waals surface area contributed by atoms with E-state index in [0.29, 0.717) is 11.1 Å². The highest BCUT2D eigenvalue weighted by Gasteiger charge is 2.13. The van der Waals surface area contributed by atoms with Gasteiger partial charge in [0, 0.05) is 27.2 Å². The van der Waals surface area contributed by atoms with E-state index in [1.807, 2.05) is 55.5 Å². The van der Waals surface area contributed by atoms with Gasteiger partial charge in [-0.1, -0.05) is 34.1 Å². The molecular weight excluding hydrogens is 314 g/mol. The van der Waals surface area contributed by atoms with E-state index < -0.39 is 0 Å². The average molecular weight is 326 g/mol. The number of nitrogens with zero attached hydrogens (tertiary/aromatic N) is 1. The summed E-state index contributed by atoms with van der Waals surface area (Å²) in [5.41, 5.74) is 3.28. The van der Waals surface area contributed by atoms with Gasteiger partial charge in [-0.3, -0.25) is 9.78 Å². The minimum atomic E-state index is 0.0270. The molecule has 0 radical (unpaired) electrons. The average Bonchev–Trinajstić information content (AvgIpc) is 2.49. The summed E-state index contributed by atoms with van der Waals surface area (Å²) in [6.07, 6.45) is 1.74. The Balaban J connectivity index is 2.15. The number of fused-ring (bicyclic) bond motifs is 1. The highest BCUT2D eigenvalue weighted by Crippen LogP contribution is 2.22. The largest absolute Gasteiger partial charge is 0.289 e. The van der Waals surface area contributed by atoms with Crippen molar-refractivity contribution in [3.63, 3.8) is 0 Å². The van der Waals surface area contributed by atoms with Gasteiger partial charge in [0.15, 0.2) is 5.78 Å². The van der Waals surface area contributed by atoms with Gasteiger partial charge in [-0.25, -0.2) is 0 Å². The Kier molecular flexibility index (Phi) is 3.36. The highest BCUT2D eigenvalue weighted by atomic mass is 79.9. The summed E-state index contributed by atoms with van der Waals surface area (Å²) < 4.78 is 1.01. The van der Waals surface area contributed by atoms with Crippen LogP contribution in [0, 0.1) is 6.92 Å². The van der Waals surface area contributed by atoms with Crippen molar-refractivity contribution in [3.8, 4) is 0 Å². The van der Waals surface area contributed by atoms with Crippen LogP contribution < -0.4 is 0 Å². The monoisotopic (exact) mass is 325 g/mol. The minimum Gasteiger partial charge on any atom is -0.289 e. The minimum absolute atomic E-state index is 0.0270. The van der Waals surface area contributed by atoms with Crippen LogP contribution in [0.5, 0.6) is 0 Å². The maximum atomic E-state index is 12.7. The van der Waals surface area contributed by atoms with Crippen molar-refractivity contribution in [2.45, 2.75) is 6.92 Å². The van der Waals surface area contributed by atoms with Crippen LogP contribution in [-0.2, 0) is 0 Å². The molecule has 0 saturated heterocycles. The molecule has 98 valence electrons. The molecule has 0 bridgehead atoms. The summed E-state index contributed by atoms with van der Waals surface area (Å²) in [6.45, 7) is 1.98. The normalized spacial score (nSPS) is 10.7. The number of aromatic nitrogens is 1. The number of benzene rings is 2. The highest BCUT2D eigenvalue weighted by molar-refractivity contribution is 9.10. The van der Waals surface area contributed by atoms with Crippen molar-refractivity contribution >= 4 is 32.6 Å². The van der Waals surface area contributed by atoms with E-state index in [1.54, 1.807) is 6.20 Å². The number of pyridine rings is 1. The zero-order chi connectivity index (χ0) is 14.1. The third kappa shape index (κ3) is 2.25. The Labute approximate surface area is 125 Å². The van der Waals surface area contributed by atoms with Crippen LogP contribution in [0.1, 0.15) is 21.5 Å². The summed E-state index contributed by atoms with van der Waals surface area (Å²) in [7, 11) is 0. The van der Waals surface area contributed by atoms with Crippen LogP contribution in [-0.4, -0.2) is 10.8 Å². The molecule has 0 saturated carbocycles. The van der Waals surface area contributed by atoms with Crippen molar-refractivity contribution in [1.29, 1.82) is 0 Å². The second kappa shape index (κ2) is 5.17. The van der Waals surface area contributed by atoms with Crippen LogP contribution in [0.2, 0.25) is 0 Å². The van der Waals surface area contributed by atoms with Gasteiger partial charge in [0.25, 0.3) is 0 Å². The Bertz CT molecular complexity index is 806. The molecule has 0 unspecified atom stereocenters. The van der Waals surface area contributed by atoms with Crippen molar-refractivity contribution in [2.75, 3.05) is 0 Å². The van der Waals surface area contributed by atoms with Gasteiger partial charge in [0.1, 0.15) is 0 Å². The molecule has 0 atom stereocenters. The summed E-state index contributed by atoms with van der Waals surface area (Å²) in [5, 5.41) is 0.889. The molecule has 3 aromatic rings. The summed E-state index contributed by atoms with van der Waals surface area (Å²) in [4.78, 5) is 17.0. The SMILES string of the molecule is Cc1cc(C(=O)c2cccc3ncccc23)ccc1Br. The first kappa shape index (κ1) is 13.0. The summed E-state index contributed by atoms with van der Waals surface area (Å²) in [5.74, 6) is 0.0270. The molecule has 3 heteroatoms. The molecule has 0 aliphatic rings. The standard InChI is InChI=1S/C17H12BrNO/c1-11-10-12(7-8-15(11)18)17(20)14-4-2-6-16-13(14)5-3-9-19-16/h2-10H,1H3. The quantitative estimate of drug-likeness (QED) is 0.647. The zero-order valence-corrected chi connectivity index (χ0v) is 12.5. The molecule has 1 heterocycles. The fourth-order valence-electron chi connectivity index (χ4n) is 2.24. The first-order chi connectivity index (χ1) is 9.66. The van der Waals surface area contributed by atoms with Gasteiger partial charge in [0.05, 0.1) is 5.52 Å². The van der Waals surface area contributed by atoms with E-state index in [-0.39, 0.29) is 5.78 Å². The molecule has 20 heavy (non-hydrogen) atoms. The lowest BCUT2D eigenvalue weighted by molar-refractivity contribution is 0.104. The van der Waals surface area contributed by atoms with Crippen LogP contribution in [0.3, 0.4) is 0 Å². The Hall–Kier alpha value is -2.00. The van der Waals surface area contributed by atoms with Crippen LogP contribution in [0.4, 0.5) is 0 Å². The van der Waals surface area contributed by atoms with Crippen molar-refractivity contribution in [3.05, 3.63) is 75.9 Å². The molecule has 0 aliphatic carbocycles. The first-order valence-corrected chi connectivity index (χ1v) is 7.11. The van der Waals surface area contributed by atoms with Gasteiger partial charge >= 0.3 is 0 Å². The zero-order valence-electron chi connectivity index (χ0n) is 10.9. The van der Waals surface area contributed by atoms with Gasteiger partial charge < -0.3 is 0 Å². The van der Waals surface area contributed by atoms with E-state index in [0.717, 1.165) is 20.9 Å². The fraction of sp³-hybridized carbons (Fsp3) is 0.0588. The Morgan fingerprint density at radius 3 is 2.75 bits per heavy atom. The number of carbonyl (C=O) groups is 1. The topological polar surface area (TPSA) is 30.0 Å². The predicted octanol–water partition coefficient (Wildman–Crippen LogP) is 4.54. The third-order valence-electron chi connectivity index (χ3n) is 3.31. The third-order valence-corrected chi connectivity index (χ3v) is 4.20. The van der Waals surface area contributed by atoms with Crippen LogP contribution in [0.25, 0.3) is 10.9 Å². The first-order valence-electron chi connectivity index (χ1n) is 6.31. The number of carbonyl (C=O) groups excluding carboxylic acids is 1. The molecule has 0 fully saturated rings. The van der Waals surface area contributed by atoms with E-state index in [9.17, 15) is 4.79 Å². The Morgan fingerprint density at radius 1 is 1.10 bits per heavy atom. The molecular formula is C17H12BrNO. The van der Waals surface area contributed by atoms with Crippen LogP contribution >= 0.6 is 15.9 Å². The lowest BCUT2D eigenvalue weighted by atomic mass is 9.98. The molecule has 0 aliphatic heterocycles. The maximum Gasteiger partial charge on any atom is 0.193 e. The number of halogens is 1. The number of hydrogen-bond acceptors (Lipinski definition) is 2. The molecule has 1 aromatic heterocycles.